The molecular weight excluding hydrogens is 217 g/mol. The van der Waals surface area contributed by atoms with E-state index in [1.54, 1.807) is 17.8 Å². The van der Waals surface area contributed by atoms with Crippen molar-refractivity contribution in [3.05, 3.63) is 11.9 Å². The van der Waals surface area contributed by atoms with Crippen LogP contribution in [0.15, 0.2) is 6.20 Å². The Morgan fingerprint density at radius 2 is 2.47 bits per heavy atom. The molecule has 6 heteroatoms. The van der Waals surface area contributed by atoms with Gasteiger partial charge in [0.1, 0.15) is 5.78 Å². The van der Waals surface area contributed by atoms with Gasteiger partial charge in [0.2, 0.25) is 0 Å². The first-order chi connectivity index (χ1) is 7.22. The summed E-state index contributed by atoms with van der Waals surface area (Å²) in [7, 11) is 0. The van der Waals surface area contributed by atoms with Gasteiger partial charge in [0, 0.05) is 43.5 Å². The minimum atomic E-state index is 0.184. The minimum absolute atomic E-state index is 0.184. The number of Topliss-reactive ketones (excluding diaryl/α,β-unsaturated/α-hetero) is 1. The highest BCUT2D eigenvalue weighted by atomic mass is 32.2. The molecule has 0 spiro atoms. The number of carbonyl (C=O) groups excluding carboxylic acids is 1. The van der Waals surface area contributed by atoms with Gasteiger partial charge >= 0.3 is 0 Å². The molecule has 0 aliphatic heterocycles. The topological polar surface area (TPSA) is 47.8 Å². The summed E-state index contributed by atoms with van der Waals surface area (Å²) in [5.41, 5.74) is 0.794. The van der Waals surface area contributed by atoms with Crippen molar-refractivity contribution in [1.29, 1.82) is 0 Å². The molecule has 0 saturated heterocycles. The van der Waals surface area contributed by atoms with Crippen molar-refractivity contribution < 1.29 is 8.68 Å². The fourth-order valence-corrected chi connectivity index (χ4v) is 1.48. The van der Waals surface area contributed by atoms with Crippen LogP contribution >= 0.6 is 12.1 Å². The molecule has 0 fully saturated rings. The maximum absolute atomic E-state index is 11.8. The van der Waals surface area contributed by atoms with Crippen LogP contribution in [0.25, 0.3) is 0 Å². The lowest BCUT2D eigenvalue weighted by atomic mass is 10.2. The van der Waals surface area contributed by atoms with Gasteiger partial charge in [0.15, 0.2) is 0 Å². The van der Waals surface area contributed by atoms with Crippen LogP contribution in [0, 0.1) is 0 Å². The molecule has 0 radical (unpaired) electrons. The lowest BCUT2D eigenvalue weighted by Crippen LogP contribution is -2.01. The van der Waals surface area contributed by atoms with E-state index in [9.17, 15) is 8.68 Å². The van der Waals surface area contributed by atoms with Gasteiger partial charge in [0.25, 0.3) is 0 Å². The first-order valence-corrected chi connectivity index (χ1v) is 5.73. The van der Waals surface area contributed by atoms with Crippen LogP contribution in [-0.2, 0) is 17.8 Å². The molecule has 0 atom stereocenters. The molecule has 0 saturated carbocycles. The Balaban J connectivity index is 2.29. The van der Waals surface area contributed by atoms with Crippen LogP contribution in [-0.4, -0.2) is 26.5 Å². The Morgan fingerprint density at radius 3 is 3.13 bits per heavy atom. The molecule has 15 heavy (non-hydrogen) atoms. The van der Waals surface area contributed by atoms with E-state index >= 15 is 0 Å². The molecule has 0 bridgehead atoms. The number of hydrogen-bond donors (Lipinski definition) is 0. The monoisotopic (exact) mass is 231 g/mol. The highest BCUT2D eigenvalue weighted by Gasteiger charge is 2.01. The summed E-state index contributed by atoms with van der Waals surface area (Å²) in [5.74, 6) is 0.593. The molecule has 0 aliphatic carbocycles. The molecule has 1 heterocycles. The van der Waals surface area contributed by atoms with Crippen LogP contribution in [0.2, 0.25) is 0 Å². The number of halogens is 1. The molecule has 0 aliphatic rings. The molecule has 0 N–H and O–H groups in total. The normalized spacial score (nSPS) is 10.5. The smallest absolute Gasteiger partial charge is 0.129 e. The van der Waals surface area contributed by atoms with E-state index in [1.807, 2.05) is 0 Å². The van der Waals surface area contributed by atoms with Crippen LogP contribution in [0.1, 0.15) is 25.5 Å². The van der Waals surface area contributed by atoms with Crippen LogP contribution < -0.4 is 0 Å². The average molecular weight is 231 g/mol. The van der Waals surface area contributed by atoms with Crippen LogP contribution in [0.5, 0.6) is 0 Å². The highest BCUT2D eigenvalue weighted by molar-refractivity contribution is 7.94. The first-order valence-electron chi connectivity index (χ1n) is 4.84. The Kier molecular flexibility index (Phi) is 5.31. The standard InChI is InChI=1S/C9H14FN3OS/c1-8(14)3-2-5-13-7-9(11-12-13)4-6-15-10/h7H,2-6H2,1H3. The minimum Gasteiger partial charge on any atom is -0.300 e. The van der Waals surface area contributed by atoms with Crippen molar-refractivity contribution in [2.45, 2.75) is 32.7 Å². The van der Waals surface area contributed by atoms with Crippen LogP contribution in [0.4, 0.5) is 3.89 Å². The molecule has 1 rings (SSSR count). The summed E-state index contributed by atoms with van der Waals surface area (Å²) in [6, 6.07) is 0. The quantitative estimate of drug-likeness (QED) is 0.718. The summed E-state index contributed by atoms with van der Waals surface area (Å²) in [5, 5.41) is 7.79. The number of carbonyl (C=O) groups is 1. The third-order valence-electron chi connectivity index (χ3n) is 1.94. The van der Waals surface area contributed by atoms with Gasteiger partial charge < -0.3 is 4.79 Å². The fraction of sp³-hybridized carbons (Fsp3) is 0.667. The molecular formula is C9H14FN3OS. The SMILES string of the molecule is CC(=O)CCCn1cc(CCSF)nn1. The van der Waals surface area contributed by atoms with E-state index < -0.39 is 0 Å². The third-order valence-corrected chi connectivity index (χ3v) is 2.30. The fourth-order valence-electron chi connectivity index (χ4n) is 1.20. The molecule has 1 aromatic rings. The number of nitrogens with zero attached hydrogens (tertiary/aromatic N) is 3. The van der Waals surface area contributed by atoms with Gasteiger partial charge in [-0.2, -0.15) is 3.89 Å². The van der Waals surface area contributed by atoms with Gasteiger partial charge in [-0.15, -0.1) is 5.10 Å². The van der Waals surface area contributed by atoms with E-state index in [2.05, 4.69) is 10.3 Å². The summed E-state index contributed by atoms with van der Waals surface area (Å²) in [6.45, 7) is 2.26. The van der Waals surface area contributed by atoms with Crippen molar-refractivity contribution in [2.75, 3.05) is 5.75 Å². The number of hydrogen-bond acceptors (Lipinski definition) is 4. The predicted octanol–water partition coefficient (Wildman–Crippen LogP) is 1.81. The maximum Gasteiger partial charge on any atom is 0.129 e. The molecule has 0 aromatic carbocycles. The van der Waals surface area contributed by atoms with E-state index in [-0.39, 0.29) is 5.78 Å². The lowest BCUT2D eigenvalue weighted by molar-refractivity contribution is -0.117. The van der Waals surface area contributed by atoms with Gasteiger partial charge in [-0.1, -0.05) is 5.21 Å². The van der Waals surface area contributed by atoms with Crippen LogP contribution in [0.3, 0.4) is 0 Å². The Morgan fingerprint density at radius 1 is 1.67 bits per heavy atom. The summed E-state index contributed by atoms with van der Waals surface area (Å²) < 4.78 is 13.5. The molecule has 0 amide bonds. The zero-order valence-electron chi connectivity index (χ0n) is 8.65. The Hall–Kier alpha value is -0.910. The Labute approximate surface area is 92.5 Å². The van der Waals surface area contributed by atoms with Gasteiger partial charge in [-0.05, 0) is 13.3 Å². The third kappa shape index (κ3) is 4.92. The van der Waals surface area contributed by atoms with Gasteiger partial charge in [0.05, 0.1) is 5.69 Å². The second-order valence-corrected chi connectivity index (χ2v) is 3.97. The van der Waals surface area contributed by atoms with E-state index in [1.165, 1.54) is 0 Å². The zero-order chi connectivity index (χ0) is 11.1. The lowest BCUT2D eigenvalue weighted by Gasteiger charge is -1.97. The molecule has 0 unspecified atom stereocenters. The summed E-state index contributed by atoms with van der Waals surface area (Å²) >= 11 is 0.306. The summed E-state index contributed by atoms with van der Waals surface area (Å²) in [6.07, 6.45) is 3.73. The van der Waals surface area contributed by atoms with E-state index in [4.69, 9.17) is 0 Å². The highest BCUT2D eigenvalue weighted by Crippen LogP contribution is 2.05. The van der Waals surface area contributed by atoms with Crippen molar-refractivity contribution in [3.8, 4) is 0 Å². The van der Waals surface area contributed by atoms with Gasteiger partial charge in [-0.3, -0.25) is 4.68 Å². The van der Waals surface area contributed by atoms with Crippen molar-refractivity contribution in [3.63, 3.8) is 0 Å². The number of aromatic nitrogens is 3. The number of rotatable bonds is 7. The van der Waals surface area contributed by atoms with Gasteiger partial charge in [-0.25, -0.2) is 0 Å². The summed E-state index contributed by atoms with van der Waals surface area (Å²) in [4.78, 5) is 10.7. The number of aryl methyl sites for hydroxylation is 2. The average Bonchev–Trinajstić information content (AvgIpc) is 2.62. The van der Waals surface area contributed by atoms with E-state index in [0.717, 1.165) is 12.1 Å². The maximum atomic E-state index is 11.8. The Bertz CT molecular complexity index is 316. The van der Waals surface area contributed by atoms with Crippen molar-refractivity contribution in [2.24, 2.45) is 0 Å². The predicted molar refractivity (Wildman–Crippen MR) is 57.2 cm³/mol. The second kappa shape index (κ2) is 6.55. The molecule has 84 valence electrons. The molecule has 1 aromatic heterocycles. The van der Waals surface area contributed by atoms with Crippen molar-refractivity contribution in [1.82, 2.24) is 15.0 Å². The van der Waals surface area contributed by atoms with Crippen molar-refractivity contribution >= 4 is 17.9 Å². The number of ketones is 1. The zero-order valence-corrected chi connectivity index (χ0v) is 9.47. The van der Waals surface area contributed by atoms with E-state index in [0.29, 0.717) is 37.3 Å². The second-order valence-electron chi connectivity index (χ2n) is 3.34. The first kappa shape index (κ1) is 12.2. The largest absolute Gasteiger partial charge is 0.300 e. The molecule has 4 nitrogen and oxygen atoms in total.